The maximum absolute atomic E-state index is 11.6. The van der Waals surface area contributed by atoms with Gasteiger partial charge in [-0.3, -0.25) is 9.36 Å². The second-order valence-corrected chi connectivity index (χ2v) is 13.5. The zero-order chi connectivity index (χ0) is 32.6. The van der Waals surface area contributed by atoms with Crippen molar-refractivity contribution >= 4 is 22.9 Å². The Kier molecular flexibility index (Phi) is 8.39. The fourth-order valence-electron chi connectivity index (χ4n) is 7.19. The Labute approximate surface area is 280 Å². The molecule has 6 heterocycles. The topological polar surface area (TPSA) is 143 Å². The highest BCUT2D eigenvalue weighted by atomic mass is 16.5. The van der Waals surface area contributed by atoms with Crippen molar-refractivity contribution in [1.29, 1.82) is 0 Å². The molecular weight excluding hydrogens is 602 g/mol. The predicted molar refractivity (Wildman–Crippen MR) is 185 cm³/mol. The number of carbonyl (C=O) groups excluding carboxylic acids is 1. The van der Waals surface area contributed by atoms with Gasteiger partial charge in [0.05, 0.1) is 11.3 Å². The largest absolute Gasteiger partial charge is 0.383 e. The molecule has 1 saturated carbocycles. The van der Waals surface area contributed by atoms with Gasteiger partial charge >= 0.3 is 0 Å². The van der Waals surface area contributed by atoms with Gasteiger partial charge in [-0.25, -0.2) is 19.6 Å². The predicted octanol–water partition coefficient (Wildman–Crippen LogP) is 4.98. The maximum atomic E-state index is 11.6. The number of likely N-dealkylation sites (tertiary alicyclic amines) is 1. The molecule has 248 valence electrons. The fraction of sp³-hybridized carbons (Fsp3) is 0.432. The number of piperidine rings is 1. The van der Waals surface area contributed by atoms with Crippen molar-refractivity contribution in [3.8, 4) is 22.9 Å². The molecule has 4 aromatic heterocycles. The van der Waals surface area contributed by atoms with Crippen LogP contribution in [0.1, 0.15) is 67.7 Å². The first-order chi connectivity index (χ1) is 23.5. The molecular formula is C37H43N9O2. The van der Waals surface area contributed by atoms with E-state index in [1.165, 1.54) is 17.5 Å². The summed E-state index contributed by atoms with van der Waals surface area (Å²) in [4.78, 5) is 27.9. The number of imidazole rings is 1. The lowest BCUT2D eigenvalue weighted by atomic mass is 9.97. The minimum absolute atomic E-state index is 0.327. The fourth-order valence-corrected chi connectivity index (χ4v) is 7.19. The van der Waals surface area contributed by atoms with Crippen molar-refractivity contribution in [3.05, 3.63) is 77.7 Å². The van der Waals surface area contributed by atoms with Crippen LogP contribution in [0.2, 0.25) is 0 Å². The van der Waals surface area contributed by atoms with Gasteiger partial charge in [0.2, 0.25) is 5.91 Å². The highest BCUT2D eigenvalue weighted by Crippen LogP contribution is 2.34. The molecule has 5 aromatic rings. The SMILES string of the molecule is NC1CCN(C(=O)C2CC2)CC1.Nc1ncccc1-c1nc2ccc(-n3ccc(C4CCOCC4)n3)nc2n1-c1ccc2c(c1)CCC2. The molecule has 2 aliphatic heterocycles. The van der Waals surface area contributed by atoms with Crippen molar-refractivity contribution in [2.75, 3.05) is 32.0 Å². The summed E-state index contributed by atoms with van der Waals surface area (Å²) in [6.07, 6.45) is 13.3. The number of anilines is 1. The number of nitrogen functional groups attached to an aromatic ring is 1. The van der Waals surface area contributed by atoms with E-state index in [1.54, 1.807) is 6.20 Å². The Bertz CT molecular complexity index is 1930. The molecule has 9 rings (SSSR count). The van der Waals surface area contributed by atoms with Crippen molar-refractivity contribution < 1.29 is 9.53 Å². The number of hydrogen-bond donors (Lipinski definition) is 2. The molecule has 0 bridgehead atoms. The normalized spacial score (nSPS) is 18.5. The van der Waals surface area contributed by atoms with E-state index >= 15 is 0 Å². The minimum atomic E-state index is 0.327. The molecule has 1 amide bonds. The third-order valence-corrected chi connectivity index (χ3v) is 10.2. The van der Waals surface area contributed by atoms with Gasteiger partial charge in [-0.1, -0.05) is 6.07 Å². The number of hydrogen-bond acceptors (Lipinski definition) is 8. The zero-order valence-corrected chi connectivity index (χ0v) is 27.3. The summed E-state index contributed by atoms with van der Waals surface area (Å²) in [5, 5.41) is 4.88. The number of nitrogens with zero attached hydrogens (tertiary/aromatic N) is 7. The van der Waals surface area contributed by atoms with Crippen molar-refractivity contribution in [2.24, 2.45) is 11.7 Å². The number of carbonyl (C=O) groups is 1. The summed E-state index contributed by atoms with van der Waals surface area (Å²) in [6, 6.07) is 16.9. The third-order valence-electron chi connectivity index (χ3n) is 10.2. The second kappa shape index (κ2) is 13.1. The summed E-state index contributed by atoms with van der Waals surface area (Å²) in [6.45, 7) is 3.36. The van der Waals surface area contributed by atoms with Gasteiger partial charge in [0.15, 0.2) is 17.3 Å². The third kappa shape index (κ3) is 6.20. The number of rotatable bonds is 5. The number of nitrogens with two attached hydrogens (primary N) is 2. The molecule has 0 spiro atoms. The van der Waals surface area contributed by atoms with E-state index < -0.39 is 0 Å². The molecule has 11 heteroatoms. The summed E-state index contributed by atoms with van der Waals surface area (Å²) in [5.41, 5.74) is 19.4. The maximum Gasteiger partial charge on any atom is 0.225 e. The van der Waals surface area contributed by atoms with E-state index in [9.17, 15) is 4.79 Å². The molecule has 2 saturated heterocycles. The van der Waals surface area contributed by atoms with Gasteiger partial charge in [-0.15, -0.1) is 0 Å². The number of ether oxygens (including phenoxy) is 1. The first-order valence-electron chi connectivity index (χ1n) is 17.4. The highest BCUT2D eigenvalue weighted by Gasteiger charge is 2.34. The van der Waals surface area contributed by atoms with E-state index in [0.29, 0.717) is 29.6 Å². The van der Waals surface area contributed by atoms with Crippen LogP contribution in [0.25, 0.3) is 34.1 Å². The molecule has 0 radical (unpaired) electrons. The molecule has 1 aromatic carbocycles. The van der Waals surface area contributed by atoms with E-state index in [2.05, 4.69) is 33.8 Å². The first kappa shape index (κ1) is 30.7. The van der Waals surface area contributed by atoms with E-state index in [0.717, 1.165) is 117 Å². The number of pyridine rings is 2. The number of aryl methyl sites for hydroxylation is 2. The number of fused-ring (bicyclic) bond motifs is 2. The molecule has 0 unspecified atom stereocenters. The molecule has 3 fully saturated rings. The molecule has 11 nitrogen and oxygen atoms in total. The second-order valence-electron chi connectivity index (χ2n) is 13.5. The number of amides is 1. The lowest BCUT2D eigenvalue weighted by Crippen LogP contribution is -2.43. The monoisotopic (exact) mass is 645 g/mol. The van der Waals surface area contributed by atoms with Gasteiger partial charge in [0.1, 0.15) is 11.3 Å². The Morgan fingerprint density at radius 3 is 2.50 bits per heavy atom. The van der Waals surface area contributed by atoms with E-state index in [1.807, 2.05) is 40.0 Å². The van der Waals surface area contributed by atoms with Crippen LogP contribution in [0.15, 0.2) is 60.9 Å². The summed E-state index contributed by atoms with van der Waals surface area (Å²) < 4.78 is 9.49. The van der Waals surface area contributed by atoms with Crippen LogP contribution in [0.4, 0.5) is 5.82 Å². The molecule has 0 atom stereocenters. The van der Waals surface area contributed by atoms with Crippen LogP contribution in [0.5, 0.6) is 0 Å². The van der Waals surface area contributed by atoms with Crippen LogP contribution < -0.4 is 11.5 Å². The standard InChI is InChI=1S/C28H27N7O.C9H16N2O/c29-26-22(5-2-13-30-26)27-31-24-8-9-25(34-14-10-23(33-34)19-11-15-36-16-12-19)32-28(24)35(27)21-7-6-18-3-1-4-20(18)17-21;10-8-3-5-11(6-4-8)9(12)7-1-2-7/h2,5-10,13-14,17,19H,1,3-4,11-12,15-16H2,(H2,29,30);7-8H,1-6,10H2. The first-order valence-corrected chi connectivity index (χ1v) is 17.4. The van der Waals surface area contributed by atoms with Crippen LogP contribution in [-0.4, -0.2) is 72.5 Å². The van der Waals surface area contributed by atoms with Crippen molar-refractivity contribution in [2.45, 2.75) is 69.7 Å². The Morgan fingerprint density at radius 1 is 0.896 bits per heavy atom. The average molecular weight is 646 g/mol. The number of aromatic nitrogens is 6. The smallest absolute Gasteiger partial charge is 0.225 e. The van der Waals surface area contributed by atoms with Gasteiger partial charge < -0.3 is 21.1 Å². The highest BCUT2D eigenvalue weighted by molar-refractivity contribution is 5.83. The average Bonchev–Trinajstić information content (AvgIpc) is 3.48. The zero-order valence-electron chi connectivity index (χ0n) is 27.3. The van der Waals surface area contributed by atoms with E-state index in [4.69, 9.17) is 31.3 Å². The van der Waals surface area contributed by atoms with Crippen LogP contribution in [0.3, 0.4) is 0 Å². The van der Waals surface area contributed by atoms with Crippen LogP contribution in [-0.2, 0) is 22.4 Å². The molecule has 2 aliphatic carbocycles. The molecule has 4 aliphatic rings. The number of benzene rings is 1. The van der Waals surface area contributed by atoms with Crippen molar-refractivity contribution in [3.63, 3.8) is 0 Å². The van der Waals surface area contributed by atoms with Crippen LogP contribution >= 0.6 is 0 Å². The van der Waals surface area contributed by atoms with Crippen molar-refractivity contribution in [1.82, 2.24) is 34.2 Å². The van der Waals surface area contributed by atoms with E-state index in [-0.39, 0.29) is 0 Å². The van der Waals surface area contributed by atoms with Gasteiger partial charge in [0.25, 0.3) is 0 Å². The van der Waals surface area contributed by atoms with Crippen LogP contribution in [0, 0.1) is 5.92 Å². The Hall–Kier alpha value is -4.61. The molecule has 4 N–H and O–H groups in total. The lowest BCUT2D eigenvalue weighted by molar-refractivity contribution is -0.133. The molecule has 48 heavy (non-hydrogen) atoms. The van der Waals surface area contributed by atoms with Gasteiger partial charge in [-0.05, 0) is 111 Å². The van der Waals surface area contributed by atoms with Gasteiger partial charge in [0, 0.05) is 62.3 Å². The summed E-state index contributed by atoms with van der Waals surface area (Å²) >= 11 is 0. The quantitative estimate of drug-likeness (QED) is 0.273. The minimum Gasteiger partial charge on any atom is -0.383 e. The Morgan fingerprint density at radius 2 is 1.71 bits per heavy atom. The Balaban J connectivity index is 0.000000236. The summed E-state index contributed by atoms with van der Waals surface area (Å²) in [7, 11) is 0. The van der Waals surface area contributed by atoms with Gasteiger partial charge in [-0.2, -0.15) is 5.10 Å². The summed E-state index contributed by atoms with van der Waals surface area (Å²) in [5.74, 6) is 3.13. The lowest BCUT2D eigenvalue weighted by Gasteiger charge is -2.30.